The Morgan fingerprint density at radius 3 is 2.39 bits per heavy atom. The van der Waals surface area contributed by atoms with E-state index in [1.54, 1.807) is 50.4 Å². The topological polar surface area (TPSA) is 52.6 Å². The van der Waals surface area contributed by atoms with Crippen LogP contribution in [0.15, 0.2) is 48.5 Å². The average molecular weight is 312 g/mol. The van der Waals surface area contributed by atoms with E-state index >= 15 is 0 Å². The van der Waals surface area contributed by atoms with Gasteiger partial charge in [0.1, 0.15) is 11.7 Å². The molecule has 23 heavy (non-hydrogen) atoms. The average Bonchev–Trinajstić information content (AvgIpc) is 2.56. The number of hydrogen-bond acceptors (Lipinski definition) is 4. The lowest BCUT2D eigenvalue weighted by Gasteiger charge is -2.16. The van der Waals surface area contributed by atoms with E-state index in [1.165, 1.54) is 0 Å². The molecule has 0 spiro atoms. The summed E-state index contributed by atoms with van der Waals surface area (Å²) in [6.07, 6.45) is 0. The first-order valence-corrected chi connectivity index (χ1v) is 7.48. The number of Topliss-reactive ketones (excluding diaryl/α,β-unsaturated/α-hetero) is 1. The quantitative estimate of drug-likeness (QED) is 0.465. The lowest BCUT2D eigenvalue weighted by Crippen LogP contribution is -2.24. The van der Waals surface area contributed by atoms with E-state index in [0.717, 1.165) is 5.56 Å². The van der Waals surface area contributed by atoms with Crippen LogP contribution in [-0.4, -0.2) is 25.5 Å². The summed E-state index contributed by atoms with van der Waals surface area (Å²) in [5.74, 6) is -1.23. The molecule has 4 nitrogen and oxygen atoms in total. The van der Waals surface area contributed by atoms with Crippen molar-refractivity contribution in [2.45, 2.75) is 19.8 Å². The van der Waals surface area contributed by atoms with Gasteiger partial charge >= 0.3 is 5.97 Å². The smallest absolute Gasteiger partial charge is 0.321 e. The maximum Gasteiger partial charge on any atom is 0.321 e. The van der Waals surface area contributed by atoms with Gasteiger partial charge in [0.25, 0.3) is 0 Å². The number of aryl methyl sites for hydroxylation is 1. The van der Waals surface area contributed by atoms with E-state index in [1.807, 2.05) is 19.1 Å². The third kappa shape index (κ3) is 3.97. The van der Waals surface area contributed by atoms with E-state index in [0.29, 0.717) is 16.9 Å². The highest BCUT2D eigenvalue weighted by atomic mass is 16.5. The third-order valence-electron chi connectivity index (χ3n) is 3.55. The van der Waals surface area contributed by atoms with E-state index < -0.39 is 11.9 Å². The number of ketones is 1. The molecule has 0 bridgehead atoms. The Labute approximate surface area is 136 Å². The number of benzene rings is 2. The second kappa shape index (κ2) is 7.58. The first kappa shape index (κ1) is 16.7. The van der Waals surface area contributed by atoms with Gasteiger partial charge in [-0.3, -0.25) is 9.59 Å². The van der Waals surface area contributed by atoms with Gasteiger partial charge in [0, 0.05) is 5.56 Å². The van der Waals surface area contributed by atoms with Crippen molar-refractivity contribution >= 4 is 11.8 Å². The Kier molecular flexibility index (Phi) is 5.52. The van der Waals surface area contributed by atoms with Crippen LogP contribution in [0.1, 0.15) is 34.3 Å². The first-order valence-electron chi connectivity index (χ1n) is 7.48. The molecule has 0 fully saturated rings. The highest BCUT2D eigenvalue weighted by Crippen LogP contribution is 2.26. The molecule has 0 saturated carbocycles. The Bertz CT molecular complexity index is 689. The molecule has 0 radical (unpaired) electrons. The summed E-state index contributed by atoms with van der Waals surface area (Å²) in [6.45, 7) is 3.89. The van der Waals surface area contributed by atoms with Crippen LogP contribution in [0.5, 0.6) is 5.75 Å². The molecule has 1 atom stereocenters. The van der Waals surface area contributed by atoms with E-state index in [4.69, 9.17) is 9.47 Å². The van der Waals surface area contributed by atoms with Crippen molar-refractivity contribution in [3.05, 3.63) is 65.2 Å². The Hall–Kier alpha value is -2.62. The first-order chi connectivity index (χ1) is 11.1. The van der Waals surface area contributed by atoms with Crippen LogP contribution in [0.2, 0.25) is 0 Å². The molecule has 2 aromatic rings. The monoisotopic (exact) mass is 312 g/mol. The normalized spacial score (nSPS) is 11.6. The van der Waals surface area contributed by atoms with Gasteiger partial charge in [0.15, 0.2) is 5.78 Å². The van der Waals surface area contributed by atoms with Crippen molar-refractivity contribution in [3.8, 4) is 5.75 Å². The molecule has 0 aliphatic heterocycles. The minimum Gasteiger partial charge on any atom is -0.497 e. The van der Waals surface area contributed by atoms with Gasteiger partial charge in [-0.15, -0.1) is 0 Å². The molecule has 4 heteroatoms. The Morgan fingerprint density at radius 2 is 1.78 bits per heavy atom. The molecule has 0 amide bonds. The third-order valence-corrected chi connectivity index (χ3v) is 3.55. The number of carbonyl (C=O) groups excluding carboxylic acids is 2. The highest BCUT2D eigenvalue weighted by Gasteiger charge is 2.31. The van der Waals surface area contributed by atoms with Crippen molar-refractivity contribution in [1.82, 2.24) is 0 Å². The second-order valence-electron chi connectivity index (χ2n) is 5.19. The van der Waals surface area contributed by atoms with Crippen LogP contribution in [0.3, 0.4) is 0 Å². The highest BCUT2D eigenvalue weighted by molar-refractivity contribution is 6.13. The molecular weight excluding hydrogens is 292 g/mol. The van der Waals surface area contributed by atoms with Crippen LogP contribution >= 0.6 is 0 Å². The molecular formula is C19H20O4. The van der Waals surface area contributed by atoms with Crippen LogP contribution < -0.4 is 4.74 Å². The number of hydrogen-bond donors (Lipinski definition) is 0. The van der Waals surface area contributed by atoms with E-state index in [2.05, 4.69) is 0 Å². The zero-order chi connectivity index (χ0) is 16.8. The minimum absolute atomic E-state index is 0.223. The lowest BCUT2D eigenvalue weighted by molar-refractivity contribution is -0.143. The summed E-state index contributed by atoms with van der Waals surface area (Å²) in [5.41, 5.74) is 2.10. The molecule has 0 N–H and O–H groups in total. The van der Waals surface area contributed by atoms with Crippen LogP contribution in [0.4, 0.5) is 0 Å². The summed E-state index contributed by atoms with van der Waals surface area (Å²) >= 11 is 0. The predicted molar refractivity (Wildman–Crippen MR) is 87.9 cm³/mol. The van der Waals surface area contributed by atoms with Crippen LogP contribution in [0.25, 0.3) is 0 Å². The Morgan fingerprint density at radius 1 is 1.09 bits per heavy atom. The van der Waals surface area contributed by atoms with Crippen LogP contribution in [0, 0.1) is 6.92 Å². The van der Waals surface area contributed by atoms with Crippen molar-refractivity contribution in [3.63, 3.8) is 0 Å². The molecule has 0 saturated heterocycles. The summed E-state index contributed by atoms with van der Waals surface area (Å²) in [5, 5.41) is 0. The lowest BCUT2D eigenvalue weighted by atomic mass is 9.90. The van der Waals surface area contributed by atoms with Gasteiger partial charge in [0.2, 0.25) is 0 Å². The fourth-order valence-electron chi connectivity index (χ4n) is 2.33. The van der Waals surface area contributed by atoms with Gasteiger partial charge < -0.3 is 9.47 Å². The van der Waals surface area contributed by atoms with Gasteiger partial charge in [-0.25, -0.2) is 0 Å². The van der Waals surface area contributed by atoms with E-state index in [9.17, 15) is 9.59 Å². The number of rotatable bonds is 6. The molecule has 0 aromatic heterocycles. The molecule has 0 aliphatic rings. The maximum atomic E-state index is 12.8. The molecule has 2 aromatic carbocycles. The van der Waals surface area contributed by atoms with E-state index in [-0.39, 0.29) is 12.4 Å². The molecule has 1 unspecified atom stereocenters. The maximum absolute atomic E-state index is 12.8. The van der Waals surface area contributed by atoms with Gasteiger partial charge in [-0.2, -0.15) is 0 Å². The SMILES string of the molecule is CCOC(=O)C(C(=O)c1ccc(C)cc1)c1cccc(OC)c1. The van der Waals surface area contributed by atoms with Gasteiger partial charge in [0.05, 0.1) is 13.7 Å². The standard InChI is InChI=1S/C19H20O4/c1-4-23-19(21)17(15-6-5-7-16(12-15)22-3)18(20)14-10-8-13(2)9-11-14/h5-12,17H,4H2,1-3H3. The summed E-state index contributed by atoms with van der Waals surface area (Å²) < 4.78 is 10.3. The number of ether oxygens (including phenoxy) is 2. The fraction of sp³-hybridized carbons (Fsp3) is 0.263. The van der Waals surface area contributed by atoms with Gasteiger partial charge in [-0.1, -0.05) is 42.0 Å². The Balaban J connectivity index is 2.42. The fourth-order valence-corrected chi connectivity index (χ4v) is 2.33. The summed E-state index contributed by atoms with van der Waals surface area (Å²) in [6, 6.07) is 14.1. The second-order valence-corrected chi connectivity index (χ2v) is 5.19. The van der Waals surface area contributed by atoms with Gasteiger partial charge in [-0.05, 0) is 31.5 Å². The summed E-state index contributed by atoms with van der Waals surface area (Å²) in [7, 11) is 1.54. The van der Waals surface area contributed by atoms with Crippen molar-refractivity contribution in [2.24, 2.45) is 0 Å². The van der Waals surface area contributed by atoms with Crippen LogP contribution in [-0.2, 0) is 9.53 Å². The van der Waals surface area contributed by atoms with Crippen molar-refractivity contribution in [1.29, 1.82) is 0 Å². The number of carbonyl (C=O) groups is 2. The molecule has 2 rings (SSSR count). The number of methoxy groups -OCH3 is 1. The number of esters is 1. The zero-order valence-corrected chi connectivity index (χ0v) is 13.5. The summed E-state index contributed by atoms with van der Waals surface area (Å²) in [4.78, 5) is 25.2. The van der Waals surface area contributed by atoms with Crippen molar-refractivity contribution in [2.75, 3.05) is 13.7 Å². The molecule has 0 heterocycles. The zero-order valence-electron chi connectivity index (χ0n) is 13.5. The largest absolute Gasteiger partial charge is 0.497 e. The van der Waals surface area contributed by atoms with Crippen molar-refractivity contribution < 1.29 is 19.1 Å². The molecule has 0 aliphatic carbocycles. The molecule has 120 valence electrons. The minimum atomic E-state index is -0.993. The predicted octanol–water partition coefficient (Wildman–Crippen LogP) is 3.53.